The van der Waals surface area contributed by atoms with Crippen LogP contribution < -0.4 is 5.32 Å². The van der Waals surface area contributed by atoms with Gasteiger partial charge >= 0.3 is 0 Å². The van der Waals surface area contributed by atoms with E-state index in [2.05, 4.69) is 40.5 Å². The molecule has 36 heavy (non-hydrogen) atoms. The van der Waals surface area contributed by atoms with Gasteiger partial charge in [0.2, 0.25) is 0 Å². The minimum Gasteiger partial charge on any atom is -0.351 e. The molecule has 1 aliphatic rings. The van der Waals surface area contributed by atoms with Gasteiger partial charge in [-0.05, 0) is 86.1 Å². The second-order valence-electron chi connectivity index (χ2n) is 9.49. The zero-order chi connectivity index (χ0) is 25.5. The van der Waals surface area contributed by atoms with E-state index in [4.69, 9.17) is 46.4 Å². The number of rotatable bonds is 9. The Balaban J connectivity index is 1.35. The molecular weight excluding hydrogens is 534 g/mol. The van der Waals surface area contributed by atoms with Crippen molar-refractivity contribution in [2.75, 3.05) is 19.6 Å². The standard InChI is InChI=1S/C29H30Cl4N2O/c30-24-9-10-25(27(32)17-24)29(36)34-18-23(22-8-11-26(31)28(33)16-22)7-6-20-12-14-35(15-13-20)19-21-4-2-1-3-5-21/h1-5,8-11,16-17,20,23H,6-7,12-15,18-19H2,(H,34,36). The van der Waals surface area contributed by atoms with Crippen molar-refractivity contribution in [2.45, 2.75) is 38.1 Å². The lowest BCUT2D eigenvalue weighted by Gasteiger charge is -2.32. The molecule has 0 aliphatic carbocycles. The Morgan fingerprint density at radius 2 is 1.64 bits per heavy atom. The Bertz CT molecular complexity index is 1160. The van der Waals surface area contributed by atoms with Crippen molar-refractivity contribution in [2.24, 2.45) is 5.92 Å². The van der Waals surface area contributed by atoms with E-state index < -0.39 is 0 Å². The van der Waals surface area contributed by atoms with Crippen LogP contribution in [0.25, 0.3) is 0 Å². The first-order chi connectivity index (χ1) is 17.4. The summed E-state index contributed by atoms with van der Waals surface area (Å²) in [6.07, 6.45) is 4.43. The van der Waals surface area contributed by atoms with E-state index >= 15 is 0 Å². The lowest BCUT2D eigenvalue weighted by atomic mass is 9.86. The molecule has 1 atom stereocenters. The first kappa shape index (κ1) is 27.3. The molecule has 0 bridgehead atoms. The molecule has 1 saturated heterocycles. The molecule has 0 radical (unpaired) electrons. The van der Waals surface area contributed by atoms with Crippen LogP contribution in [0.4, 0.5) is 0 Å². The fraction of sp³-hybridized carbons (Fsp3) is 0.345. The van der Waals surface area contributed by atoms with Crippen molar-refractivity contribution in [1.82, 2.24) is 10.2 Å². The summed E-state index contributed by atoms with van der Waals surface area (Å²) in [7, 11) is 0. The largest absolute Gasteiger partial charge is 0.351 e. The summed E-state index contributed by atoms with van der Waals surface area (Å²) in [5.74, 6) is 0.580. The summed E-state index contributed by atoms with van der Waals surface area (Å²) in [6.45, 7) is 3.73. The van der Waals surface area contributed by atoms with E-state index in [1.165, 1.54) is 18.4 Å². The maximum Gasteiger partial charge on any atom is 0.252 e. The molecule has 3 nitrogen and oxygen atoms in total. The first-order valence-electron chi connectivity index (χ1n) is 12.3. The van der Waals surface area contributed by atoms with Crippen LogP contribution in [0, 0.1) is 5.92 Å². The van der Waals surface area contributed by atoms with Crippen molar-refractivity contribution < 1.29 is 4.79 Å². The molecule has 4 rings (SSSR count). The minimum atomic E-state index is -0.212. The summed E-state index contributed by atoms with van der Waals surface area (Å²) < 4.78 is 0. The highest BCUT2D eigenvalue weighted by Gasteiger charge is 2.22. The molecule has 1 fully saturated rings. The number of likely N-dealkylation sites (tertiary alicyclic amines) is 1. The van der Waals surface area contributed by atoms with Crippen molar-refractivity contribution in [3.05, 3.63) is 104 Å². The zero-order valence-corrected chi connectivity index (χ0v) is 23.1. The van der Waals surface area contributed by atoms with Crippen molar-refractivity contribution >= 4 is 52.3 Å². The van der Waals surface area contributed by atoms with Crippen LogP contribution in [0.15, 0.2) is 66.7 Å². The Hall–Kier alpha value is -1.75. The number of carbonyl (C=O) groups excluding carboxylic acids is 1. The second kappa shape index (κ2) is 13.2. The van der Waals surface area contributed by atoms with Gasteiger partial charge in [-0.15, -0.1) is 0 Å². The summed E-state index contributed by atoms with van der Waals surface area (Å²) in [5.41, 5.74) is 2.86. The smallest absolute Gasteiger partial charge is 0.252 e. The van der Waals surface area contributed by atoms with Gasteiger partial charge in [-0.2, -0.15) is 0 Å². The maximum atomic E-state index is 12.8. The number of hydrogen-bond donors (Lipinski definition) is 1. The van der Waals surface area contributed by atoms with Gasteiger partial charge in [0.1, 0.15) is 0 Å². The molecule has 1 unspecified atom stereocenters. The van der Waals surface area contributed by atoms with Crippen molar-refractivity contribution in [3.63, 3.8) is 0 Å². The van der Waals surface area contributed by atoms with Crippen molar-refractivity contribution in [1.29, 1.82) is 0 Å². The summed E-state index contributed by atoms with van der Waals surface area (Å²) in [6, 6.07) is 21.3. The third-order valence-electron chi connectivity index (χ3n) is 6.98. The van der Waals surface area contributed by atoms with E-state index in [1.807, 2.05) is 18.2 Å². The number of amides is 1. The van der Waals surface area contributed by atoms with Gasteiger partial charge in [-0.25, -0.2) is 0 Å². The number of hydrogen-bond acceptors (Lipinski definition) is 2. The normalized spacial score (nSPS) is 15.6. The highest BCUT2D eigenvalue weighted by molar-refractivity contribution is 6.42. The summed E-state index contributed by atoms with van der Waals surface area (Å²) in [5, 5.41) is 4.96. The summed E-state index contributed by atoms with van der Waals surface area (Å²) >= 11 is 24.7. The molecule has 3 aromatic carbocycles. The predicted octanol–water partition coefficient (Wildman–Crippen LogP) is 8.51. The molecule has 0 aromatic heterocycles. The first-order valence-corrected chi connectivity index (χ1v) is 13.8. The van der Waals surface area contributed by atoms with Gasteiger partial charge in [0, 0.05) is 24.0 Å². The number of nitrogens with zero attached hydrogens (tertiary/aromatic N) is 1. The Labute approximate surface area is 233 Å². The predicted molar refractivity (Wildman–Crippen MR) is 152 cm³/mol. The quantitative estimate of drug-likeness (QED) is 0.283. The third kappa shape index (κ3) is 7.63. The summed E-state index contributed by atoms with van der Waals surface area (Å²) in [4.78, 5) is 15.4. The van der Waals surface area contributed by atoms with E-state index in [0.29, 0.717) is 38.1 Å². The van der Waals surface area contributed by atoms with Crippen LogP contribution >= 0.6 is 46.4 Å². The highest BCUT2D eigenvalue weighted by atomic mass is 35.5. The van der Waals surface area contributed by atoms with Gasteiger partial charge in [0.25, 0.3) is 5.91 Å². The van der Waals surface area contributed by atoms with Gasteiger partial charge in [-0.1, -0.05) is 82.8 Å². The second-order valence-corrected chi connectivity index (χ2v) is 11.1. The lowest BCUT2D eigenvalue weighted by Crippen LogP contribution is -2.33. The van der Waals surface area contributed by atoms with Gasteiger partial charge in [-0.3, -0.25) is 9.69 Å². The molecular formula is C29H30Cl4N2O. The van der Waals surface area contributed by atoms with Gasteiger partial charge in [0.05, 0.1) is 20.6 Å². The molecule has 1 heterocycles. The Morgan fingerprint density at radius 1 is 0.889 bits per heavy atom. The van der Waals surface area contributed by atoms with Crippen LogP contribution in [0.2, 0.25) is 20.1 Å². The van der Waals surface area contributed by atoms with Crippen molar-refractivity contribution in [3.8, 4) is 0 Å². The average Bonchev–Trinajstić information content (AvgIpc) is 2.87. The topological polar surface area (TPSA) is 32.3 Å². The lowest BCUT2D eigenvalue weighted by molar-refractivity contribution is 0.0950. The number of halogens is 4. The van der Waals surface area contributed by atoms with E-state index in [9.17, 15) is 4.79 Å². The fourth-order valence-electron chi connectivity index (χ4n) is 4.85. The van der Waals surface area contributed by atoms with Crippen LogP contribution in [0.3, 0.4) is 0 Å². The molecule has 7 heteroatoms. The number of nitrogens with one attached hydrogen (secondary N) is 1. The van der Waals surface area contributed by atoms with E-state index in [-0.39, 0.29) is 11.8 Å². The van der Waals surface area contributed by atoms with Gasteiger partial charge in [0.15, 0.2) is 0 Å². The number of piperidine rings is 1. The highest BCUT2D eigenvalue weighted by Crippen LogP contribution is 2.32. The monoisotopic (exact) mass is 562 g/mol. The van der Waals surface area contributed by atoms with Crippen LogP contribution in [0.1, 0.15) is 53.1 Å². The average molecular weight is 564 g/mol. The molecule has 1 amide bonds. The molecule has 3 aromatic rings. The molecule has 1 aliphatic heterocycles. The third-order valence-corrected chi connectivity index (χ3v) is 8.27. The molecule has 0 saturated carbocycles. The maximum absolute atomic E-state index is 12.8. The van der Waals surface area contributed by atoms with E-state index in [0.717, 1.165) is 38.0 Å². The van der Waals surface area contributed by atoms with Crippen LogP contribution in [-0.4, -0.2) is 30.4 Å². The fourth-order valence-corrected chi connectivity index (χ4v) is 5.65. The molecule has 190 valence electrons. The zero-order valence-electron chi connectivity index (χ0n) is 20.0. The Morgan fingerprint density at radius 3 is 2.33 bits per heavy atom. The van der Waals surface area contributed by atoms with Crippen LogP contribution in [-0.2, 0) is 6.54 Å². The van der Waals surface area contributed by atoms with Crippen LogP contribution in [0.5, 0.6) is 0 Å². The number of carbonyl (C=O) groups is 1. The number of benzene rings is 3. The minimum absolute atomic E-state index is 0.122. The molecule has 1 N–H and O–H groups in total. The Kier molecular flexibility index (Phi) is 9.98. The molecule has 0 spiro atoms. The van der Waals surface area contributed by atoms with E-state index in [1.54, 1.807) is 18.2 Å². The SMILES string of the molecule is O=C(NCC(CCC1CCN(Cc2ccccc2)CC1)c1ccc(Cl)c(Cl)c1)c1ccc(Cl)cc1Cl. The van der Waals surface area contributed by atoms with Gasteiger partial charge < -0.3 is 5.32 Å².